The molecule has 0 saturated carbocycles. The van der Waals surface area contributed by atoms with Crippen LogP contribution in [0.15, 0.2) is 53.6 Å². The number of rotatable bonds is 7. The van der Waals surface area contributed by atoms with Crippen molar-refractivity contribution in [1.82, 2.24) is 20.3 Å². The fraction of sp³-hybridized carbons (Fsp3) is 0.238. The van der Waals surface area contributed by atoms with Crippen LogP contribution in [0.1, 0.15) is 29.8 Å². The lowest BCUT2D eigenvalue weighted by Crippen LogP contribution is -2.31. The lowest BCUT2D eigenvalue weighted by molar-refractivity contribution is -0.121. The summed E-state index contributed by atoms with van der Waals surface area (Å²) in [5.74, 6) is 0.0587. The van der Waals surface area contributed by atoms with Crippen LogP contribution in [0.25, 0.3) is 11.4 Å². The maximum atomic E-state index is 12.5. The van der Waals surface area contributed by atoms with Gasteiger partial charge in [-0.1, -0.05) is 12.1 Å². The molecule has 0 bridgehead atoms. The molecule has 0 aliphatic heterocycles. The zero-order valence-corrected chi connectivity index (χ0v) is 16.4. The van der Waals surface area contributed by atoms with Gasteiger partial charge < -0.3 is 15.0 Å². The smallest absolute Gasteiger partial charge is 0.387 e. The zero-order valence-electron chi connectivity index (χ0n) is 16.4. The van der Waals surface area contributed by atoms with Crippen molar-refractivity contribution >= 4 is 5.91 Å². The van der Waals surface area contributed by atoms with Gasteiger partial charge in [0.05, 0.1) is 12.5 Å². The number of nitrogens with zero attached hydrogens (tertiary/aromatic N) is 2. The third kappa shape index (κ3) is 5.25. The van der Waals surface area contributed by atoms with Crippen molar-refractivity contribution < 1.29 is 18.3 Å². The van der Waals surface area contributed by atoms with Crippen molar-refractivity contribution in [3.05, 3.63) is 76.0 Å². The van der Waals surface area contributed by atoms with Gasteiger partial charge in [0.1, 0.15) is 11.6 Å². The number of aryl methyl sites for hydroxylation is 1. The van der Waals surface area contributed by atoms with Gasteiger partial charge in [-0.15, -0.1) is 0 Å². The Bertz CT molecular complexity index is 1070. The van der Waals surface area contributed by atoms with Crippen LogP contribution in [-0.2, 0) is 11.2 Å². The summed E-state index contributed by atoms with van der Waals surface area (Å²) in [4.78, 5) is 36.0. The van der Waals surface area contributed by atoms with Crippen LogP contribution in [0.5, 0.6) is 5.75 Å². The number of carbonyl (C=O) groups excluding carboxylic acids is 1. The molecule has 9 heteroatoms. The van der Waals surface area contributed by atoms with Crippen LogP contribution in [0, 0.1) is 6.92 Å². The molecule has 1 aromatic carbocycles. The summed E-state index contributed by atoms with van der Waals surface area (Å²) < 4.78 is 28.8. The average molecular weight is 414 g/mol. The highest BCUT2D eigenvalue weighted by molar-refractivity contribution is 5.79. The molecule has 0 saturated heterocycles. The molecule has 7 nitrogen and oxygen atoms in total. The highest BCUT2D eigenvalue weighted by Crippen LogP contribution is 2.19. The Morgan fingerprint density at radius 3 is 2.57 bits per heavy atom. The quantitative estimate of drug-likeness (QED) is 0.619. The van der Waals surface area contributed by atoms with Gasteiger partial charge in [0.15, 0.2) is 0 Å². The summed E-state index contributed by atoms with van der Waals surface area (Å²) in [6.07, 6.45) is 3.07. The first-order valence-corrected chi connectivity index (χ1v) is 9.18. The highest BCUT2D eigenvalue weighted by atomic mass is 19.3. The van der Waals surface area contributed by atoms with Crippen molar-refractivity contribution in [1.29, 1.82) is 0 Å². The molecule has 3 rings (SSSR count). The van der Waals surface area contributed by atoms with Gasteiger partial charge in [-0.3, -0.25) is 14.6 Å². The molecule has 0 fully saturated rings. The monoisotopic (exact) mass is 414 g/mol. The number of hydrogen-bond acceptors (Lipinski definition) is 5. The van der Waals surface area contributed by atoms with Gasteiger partial charge >= 0.3 is 6.61 Å². The van der Waals surface area contributed by atoms with Crippen molar-refractivity contribution in [2.24, 2.45) is 0 Å². The van der Waals surface area contributed by atoms with E-state index in [0.29, 0.717) is 22.6 Å². The number of halogens is 2. The number of ether oxygens (including phenoxy) is 1. The number of aromatic nitrogens is 3. The van der Waals surface area contributed by atoms with E-state index in [0.717, 1.165) is 0 Å². The van der Waals surface area contributed by atoms with Gasteiger partial charge in [-0.25, -0.2) is 4.98 Å². The number of H-pyrrole nitrogens is 1. The van der Waals surface area contributed by atoms with Crippen LogP contribution in [0.4, 0.5) is 8.78 Å². The van der Waals surface area contributed by atoms with Crippen LogP contribution in [-0.4, -0.2) is 27.5 Å². The normalized spacial score (nSPS) is 11.9. The van der Waals surface area contributed by atoms with E-state index in [1.807, 2.05) is 0 Å². The molecule has 0 radical (unpaired) electrons. The summed E-state index contributed by atoms with van der Waals surface area (Å²) in [5, 5.41) is 2.79. The van der Waals surface area contributed by atoms with Gasteiger partial charge in [-0.05, 0) is 43.7 Å². The van der Waals surface area contributed by atoms with E-state index in [1.54, 1.807) is 50.5 Å². The van der Waals surface area contributed by atoms with E-state index in [4.69, 9.17) is 0 Å². The molecule has 30 heavy (non-hydrogen) atoms. The van der Waals surface area contributed by atoms with Crippen molar-refractivity contribution in [2.45, 2.75) is 32.9 Å². The van der Waals surface area contributed by atoms with Crippen LogP contribution < -0.4 is 15.6 Å². The summed E-state index contributed by atoms with van der Waals surface area (Å²) in [6, 6.07) is 9.10. The second-order valence-corrected chi connectivity index (χ2v) is 6.63. The number of pyridine rings is 1. The van der Waals surface area contributed by atoms with Crippen LogP contribution in [0.3, 0.4) is 0 Å². The molecule has 0 spiro atoms. The summed E-state index contributed by atoms with van der Waals surface area (Å²) >= 11 is 0. The Labute approximate surface area is 171 Å². The molecule has 0 aliphatic carbocycles. The minimum atomic E-state index is -2.90. The van der Waals surface area contributed by atoms with Crippen molar-refractivity contribution in [3.8, 4) is 17.1 Å². The van der Waals surface area contributed by atoms with E-state index in [9.17, 15) is 18.4 Å². The molecule has 1 amide bonds. The molecule has 1 atom stereocenters. The van der Waals surface area contributed by atoms with E-state index < -0.39 is 12.2 Å². The predicted octanol–water partition coefficient (Wildman–Crippen LogP) is 3.16. The van der Waals surface area contributed by atoms with Crippen LogP contribution in [0.2, 0.25) is 0 Å². The Kier molecular flexibility index (Phi) is 6.51. The Balaban J connectivity index is 1.68. The number of aromatic amines is 1. The molecular weight excluding hydrogens is 394 g/mol. The van der Waals surface area contributed by atoms with E-state index >= 15 is 0 Å². The second kappa shape index (κ2) is 9.25. The maximum absolute atomic E-state index is 12.5. The molecule has 2 aromatic heterocycles. The van der Waals surface area contributed by atoms with E-state index in [2.05, 4.69) is 25.0 Å². The van der Waals surface area contributed by atoms with Crippen molar-refractivity contribution in [3.63, 3.8) is 0 Å². The lowest BCUT2D eigenvalue weighted by atomic mass is 10.1. The minimum absolute atomic E-state index is 0.0363. The maximum Gasteiger partial charge on any atom is 0.387 e. The third-order valence-corrected chi connectivity index (χ3v) is 4.48. The first-order valence-electron chi connectivity index (χ1n) is 9.18. The first-order chi connectivity index (χ1) is 14.3. The number of hydrogen-bond donors (Lipinski definition) is 2. The summed E-state index contributed by atoms with van der Waals surface area (Å²) in [7, 11) is 0. The predicted molar refractivity (Wildman–Crippen MR) is 106 cm³/mol. The lowest BCUT2D eigenvalue weighted by Gasteiger charge is -2.15. The van der Waals surface area contributed by atoms with E-state index in [-0.39, 0.29) is 29.7 Å². The Hall–Kier alpha value is -3.62. The van der Waals surface area contributed by atoms with Gasteiger partial charge in [-0.2, -0.15) is 8.78 Å². The highest BCUT2D eigenvalue weighted by Gasteiger charge is 2.16. The fourth-order valence-corrected chi connectivity index (χ4v) is 2.93. The Morgan fingerprint density at radius 2 is 1.97 bits per heavy atom. The third-order valence-electron chi connectivity index (χ3n) is 4.48. The second-order valence-electron chi connectivity index (χ2n) is 6.63. The van der Waals surface area contributed by atoms with Crippen LogP contribution >= 0.6 is 0 Å². The number of carbonyl (C=O) groups is 1. The number of alkyl halides is 2. The summed E-state index contributed by atoms with van der Waals surface area (Å²) in [5.41, 5.74) is 1.71. The molecule has 1 unspecified atom stereocenters. The zero-order chi connectivity index (χ0) is 21.7. The van der Waals surface area contributed by atoms with E-state index in [1.165, 1.54) is 12.1 Å². The first kappa shape index (κ1) is 21.1. The standard InChI is InChI=1S/C21H20F2N4O3/c1-12(14-5-7-16(8-6-14)30-21(22)23)25-18(28)10-17-13(2)26-19(27-20(17)29)15-4-3-9-24-11-15/h3-9,11-12,21H,10H2,1-2H3,(H,25,28)(H,26,27,29). The van der Waals surface area contributed by atoms with Gasteiger partial charge in [0.2, 0.25) is 5.91 Å². The SMILES string of the molecule is Cc1nc(-c2cccnc2)[nH]c(=O)c1CC(=O)NC(C)c1ccc(OC(F)F)cc1. The number of amides is 1. The summed E-state index contributed by atoms with van der Waals surface area (Å²) in [6.45, 7) is 0.525. The largest absolute Gasteiger partial charge is 0.435 e. The topological polar surface area (TPSA) is 97.0 Å². The van der Waals surface area contributed by atoms with Gasteiger partial charge in [0.25, 0.3) is 5.56 Å². The molecule has 156 valence electrons. The number of nitrogens with one attached hydrogen (secondary N) is 2. The molecular formula is C21H20F2N4O3. The fourth-order valence-electron chi connectivity index (χ4n) is 2.93. The number of benzene rings is 1. The minimum Gasteiger partial charge on any atom is -0.435 e. The van der Waals surface area contributed by atoms with Crippen molar-refractivity contribution in [2.75, 3.05) is 0 Å². The molecule has 2 heterocycles. The molecule has 0 aliphatic rings. The molecule has 3 aromatic rings. The molecule has 2 N–H and O–H groups in total. The average Bonchev–Trinajstić information content (AvgIpc) is 2.71. The Morgan fingerprint density at radius 1 is 1.23 bits per heavy atom. The van der Waals surface area contributed by atoms with Gasteiger partial charge in [0, 0.05) is 29.2 Å².